The van der Waals surface area contributed by atoms with E-state index >= 15 is 0 Å². The maximum absolute atomic E-state index is 12.6. The molecule has 8 nitrogen and oxygen atoms in total. The molecule has 0 aliphatic rings. The number of aryl methyl sites for hydroxylation is 2. The van der Waals surface area contributed by atoms with E-state index in [4.69, 9.17) is 16.4 Å². The molecule has 0 aliphatic carbocycles. The zero-order chi connectivity index (χ0) is 20.4. The average molecular weight is 373 g/mol. The van der Waals surface area contributed by atoms with Crippen LogP contribution >= 0.6 is 0 Å². The minimum absolute atomic E-state index is 0.229. The molecule has 140 valence electrons. The fourth-order valence-electron chi connectivity index (χ4n) is 2.80. The highest BCUT2D eigenvalue weighted by Crippen LogP contribution is 2.23. The van der Waals surface area contributed by atoms with Gasteiger partial charge < -0.3 is 11.1 Å². The normalized spacial score (nSPS) is 10.4. The molecule has 0 bridgehead atoms. The second kappa shape index (κ2) is 7.32. The zero-order valence-corrected chi connectivity index (χ0v) is 15.7. The number of benzene rings is 1. The SMILES string of the molecule is Cc1cc(C#N)cnc1C(=O)Nc1ccc(N)c(C(=N)c2cnn(C)c2C)c1. The number of nitrogens with zero attached hydrogens (tertiary/aromatic N) is 4. The fourth-order valence-corrected chi connectivity index (χ4v) is 2.80. The van der Waals surface area contributed by atoms with Crippen LogP contribution < -0.4 is 11.1 Å². The number of nitriles is 1. The molecule has 28 heavy (non-hydrogen) atoms. The highest BCUT2D eigenvalue weighted by Gasteiger charge is 2.16. The van der Waals surface area contributed by atoms with Crippen molar-refractivity contribution in [3.63, 3.8) is 0 Å². The summed E-state index contributed by atoms with van der Waals surface area (Å²) < 4.78 is 1.69. The van der Waals surface area contributed by atoms with Crippen molar-refractivity contribution in [2.75, 3.05) is 11.1 Å². The van der Waals surface area contributed by atoms with Gasteiger partial charge in [0.2, 0.25) is 0 Å². The van der Waals surface area contributed by atoms with E-state index < -0.39 is 5.91 Å². The lowest BCUT2D eigenvalue weighted by molar-refractivity contribution is 0.102. The molecule has 1 amide bonds. The first kappa shape index (κ1) is 18.8. The van der Waals surface area contributed by atoms with Gasteiger partial charge in [-0.2, -0.15) is 10.4 Å². The Labute approximate surface area is 162 Å². The second-order valence-electron chi connectivity index (χ2n) is 6.40. The summed E-state index contributed by atoms with van der Waals surface area (Å²) in [4.78, 5) is 16.6. The van der Waals surface area contributed by atoms with Crippen LogP contribution in [0.25, 0.3) is 0 Å². The molecule has 8 heteroatoms. The number of carbonyl (C=O) groups excluding carboxylic acids is 1. The summed E-state index contributed by atoms with van der Waals surface area (Å²) in [5.74, 6) is -0.401. The molecule has 0 spiro atoms. The maximum atomic E-state index is 12.6. The predicted octanol–water partition coefficient (Wildman–Crippen LogP) is 2.55. The summed E-state index contributed by atoms with van der Waals surface area (Å²) >= 11 is 0. The zero-order valence-electron chi connectivity index (χ0n) is 15.7. The van der Waals surface area contributed by atoms with E-state index in [1.807, 2.05) is 13.0 Å². The Kier molecular flexibility index (Phi) is 4.92. The quantitative estimate of drug-likeness (QED) is 0.477. The highest BCUT2D eigenvalue weighted by molar-refractivity contribution is 6.15. The van der Waals surface area contributed by atoms with Crippen molar-refractivity contribution in [3.8, 4) is 6.07 Å². The number of nitrogen functional groups attached to an aromatic ring is 1. The molecule has 3 aromatic rings. The highest BCUT2D eigenvalue weighted by atomic mass is 16.1. The summed E-state index contributed by atoms with van der Waals surface area (Å²) in [7, 11) is 1.80. The molecule has 0 saturated carbocycles. The fraction of sp³-hybridized carbons (Fsp3) is 0.150. The number of hydrogen-bond acceptors (Lipinski definition) is 6. The standard InChI is InChI=1S/C20H19N7O/c1-11-6-13(8-21)9-24-19(11)20(28)26-14-4-5-17(22)15(7-14)18(23)16-10-25-27(3)12(16)2/h4-7,9-10,23H,22H2,1-3H3,(H,26,28). The Morgan fingerprint density at radius 3 is 2.61 bits per heavy atom. The maximum Gasteiger partial charge on any atom is 0.274 e. The molecule has 0 atom stereocenters. The first-order valence-electron chi connectivity index (χ1n) is 8.47. The van der Waals surface area contributed by atoms with Gasteiger partial charge in [-0.3, -0.25) is 14.9 Å². The number of anilines is 2. The topological polar surface area (TPSA) is 133 Å². The Morgan fingerprint density at radius 1 is 1.25 bits per heavy atom. The third-order valence-corrected chi connectivity index (χ3v) is 4.51. The molecule has 0 radical (unpaired) electrons. The molecule has 1 aromatic carbocycles. The van der Waals surface area contributed by atoms with Gasteiger partial charge in [0.15, 0.2) is 0 Å². The number of aromatic nitrogens is 3. The van der Waals surface area contributed by atoms with E-state index in [2.05, 4.69) is 15.4 Å². The van der Waals surface area contributed by atoms with Gasteiger partial charge in [-0.1, -0.05) is 0 Å². The van der Waals surface area contributed by atoms with Crippen LogP contribution in [0, 0.1) is 30.6 Å². The van der Waals surface area contributed by atoms with E-state index in [0.29, 0.717) is 33.6 Å². The van der Waals surface area contributed by atoms with Crippen molar-refractivity contribution < 1.29 is 4.79 Å². The van der Waals surface area contributed by atoms with Gasteiger partial charge in [-0.25, -0.2) is 4.98 Å². The van der Waals surface area contributed by atoms with Gasteiger partial charge in [0.1, 0.15) is 11.8 Å². The molecular weight excluding hydrogens is 354 g/mol. The lowest BCUT2D eigenvalue weighted by Crippen LogP contribution is -2.16. The van der Waals surface area contributed by atoms with Gasteiger partial charge in [0.05, 0.1) is 17.5 Å². The molecule has 4 N–H and O–H groups in total. The Balaban J connectivity index is 1.89. The summed E-state index contributed by atoms with van der Waals surface area (Å²) in [5, 5.41) is 24.4. The Bertz CT molecular complexity index is 1140. The van der Waals surface area contributed by atoms with E-state index in [-0.39, 0.29) is 11.4 Å². The molecular formula is C20H19N7O. The smallest absolute Gasteiger partial charge is 0.274 e. The third kappa shape index (κ3) is 3.46. The largest absolute Gasteiger partial charge is 0.398 e. The molecule has 0 aliphatic heterocycles. The lowest BCUT2D eigenvalue weighted by atomic mass is 10.0. The molecule has 0 unspecified atom stereocenters. The van der Waals surface area contributed by atoms with Gasteiger partial charge in [-0.15, -0.1) is 0 Å². The monoisotopic (exact) mass is 373 g/mol. The van der Waals surface area contributed by atoms with Crippen molar-refractivity contribution >= 4 is 23.0 Å². The summed E-state index contributed by atoms with van der Waals surface area (Å²) in [6.07, 6.45) is 2.98. The number of rotatable bonds is 4. The minimum Gasteiger partial charge on any atom is -0.398 e. The van der Waals surface area contributed by atoms with E-state index in [1.54, 1.807) is 49.1 Å². The number of nitrogens with one attached hydrogen (secondary N) is 2. The second-order valence-corrected chi connectivity index (χ2v) is 6.40. The summed E-state index contributed by atoms with van der Waals surface area (Å²) in [5.41, 5.74) is 10.4. The number of hydrogen-bond donors (Lipinski definition) is 3. The summed E-state index contributed by atoms with van der Waals surface area (Å²) in [6.45, 7) is 3.59. The number of pyridine rings is 1. The van der Waals surface area contributed by atoms with Gasteiger partial charge in [0, 0.05) is 41.4 Å². The first-order valence-corrected chi connectivity index (χ1v) is 8.47. The summed E-state index contributed by atoms with van der Waals surface area (Å²) in [6, 6.07) is 8.56. The molecule has 3 rings (SSSR count). The van der Waals surface area contributed by atoms with Gasteiger partial charge >= 0.3 is 0 Å². The number of carbonyl (C=O) groups is 1. The van der Waals surface area contributed by atoms with Crippen LogP contribution in [0.15, 0.2) is 36.7 Å². The van der Waals surface area contributed by atoms with Crippen LogP contribution in [0.2, 0.25) is 0 Å². The van der Waals surface area contributed by atoms with E-state index in [0.717, 1.165) is 5.69 Å². The van der Waals surface area contributed by atoms with Crippen molar-refractivity contribution in [1.82, 2.24) is 14.8 Å². The van der Waals surface area contributed by atoms with Crippen LogP contribution in [-0.2, 0) is 7.05 Å². The van der Waals surface area contributed by atoms with Crippen molar-refractivity contribution in [3.05, 3.63) is 70.3 Å². The van der Waals surface area contributed by atoms with Crippen molar-refractivity contribution in [1.29, 1.82) is 10.7 Å². The average Bonchev–Trinajstić information content (AvgIpc) is 3.01. The Morgan fingerprint density at radius 2 is 2.00 bits per heavy atom. The van der Waals surface area contributed by atoms with Crippen molar-refractivity contribution in [2.45, 2.75) is 13.8 Å². The third-order valence-electron chi connectivity index (χ3n) is 4.51. The number of nitrogens with two attached hydrogens (primary N) is 1. The van der Waals surface area contributed by atoms with Crippen LogP contribution in [0.1, 0.15) is 38.4 Å². The van der Waals surface area contributed by atoms with Crippen molar-refractivity contribution in [2.24, 2.45) is 7.05 Å². The lowest BCUT2D eigenvalue weighted by Gasteiger charge is -2.12. The van der Waals surface area contributed by atoms with Gasteiger partial charge in [-0.05, 0) is 43.7 Å². The first-order chi connectivity index (χ1) is 13.3. The molecule has 2 aromatic heterocycles. The van der Waals surface area contributed by atoms with Crippen LogP contribution in [-0.4, -0.2) is 26.4 Å². The molecule has 2 heterocycles. The number of amides is 1. The van der Waals surface area contributed by atoms with Gasteiger partial charge in [0.25, 0.3) is 5.91 Å². The van der Waals surface area contributed by atoms with Crippen LogP contribution in [0.5, 0.6) is 0 Å². The Hall–Kier alpha value is -3.99. The van der Waals surface area contributed by atoms with Crippen LogP contribution in [0.3, 0.4) is 0 Å². The predicted molar refractivity (Wildman–Crippen MR) is 106 cm³/mol. The van der Waals surface area contributed by atoms with Crippen LogP contribution in [0.4, 0.5) is 11.4 Å². The molecule has 0 fully saturated rings. The van der Waals surface area contributed by atoms with E-state index in [9.17, 15) is 4.79 Å². The molecule has 0 saturated heterocycles. The minimum atomic E-state index is -0.401. The van der Waals surface area contributed by atoms with E-state index in [1.165, 1.54) is 6.20 Å².